The third-order valence-electron chi connectivity index (χ3n) is 5.63. The second-order valence-corrected chi connectivity index (χ2v) is 8.76. The van der Waals surface area contributed by atoms with Gasteiger partial charge in [-0.1, -0.05) is 18.2 Å². The number of guanidine groups is 1. The van der Waals surface area contributed by atoms with E-state index in [1.165, 1.54) is 41.9 Å². The molecule has 1 aromatic heterocycles. The van der Waals surface area contributed by atoms with Crippen molar-refractivity contribution in [1.29, 1.82) is 0 Å². The Morgan fingerprint density at radius 3 is 2.70 bits per heavy atom. The van der Waals surface area contributed by atoms with E-state index in [4.69, 9.17) is 4.74 Å². The molecule has 2 N–H and O–H groups in total. The van der Waals surface area contributed by atoms with Crippen molar-refractivity contribution in [3.8, 4) is 5.75 Å². The molecule has 0 bridgehead atoms. The van der Waals surface area contributed by atoms with Gasteiger partial charge in [0.1, 0.15) is 5.75 Å². The van der Waals surface area contributed by atoms with Gasteiger partial charge in [-0.2, -0.15) is 0 Å². The Hall–Kier alpha value is -1.32. The zero-order valence-corrected chi connectivity index (χ0v) is 21.5. The monoisotopic (exact) mass is 542 g/mol. The molecule has 0 unspecified atom stereocenters. The van der Waals surface area contributed by atoms with E-state index in [2.05, 4.69) is 63.2 Å². The number of hydrogen-bond acceptors (Lipinski definition) is 4. The van der Waals surface area contributed by atoms with Crippen LogP contribution in [0, 0.1) is 12.8 Å². The second kappa shape index (κ2) is 13.2. The molecular weight excluding hydrogens is 507 g/mol. The standard InChI is InChI=1S/C23H34N4OS.HI/c1-18-6-7-19(15-22(18)28-3)8-11-25-23(24-2)26-16-20-9-12-27(13-10-20)17-21-5-4-14-29-21;/h4-7,14-15,20H,8-13,16-17H2,1-3H3,(H2,24,25,26);1H. The van der Waals surface area contributed by atoms with Gasteiger partial charge in [0.15, 0.2) is 5.96 Å². The molecule has 0 atom stereocenters. The minimum absolute atomic E-state index is 0. The van der Waals surface area contributed by atoms with Crippen molar-refractivity contribution in [2.45, 2.75) is 32.7 Å². The van der Waals surface area contributed by atoms with Crippen molar-refractivity contribution in [3.05, 3.63) is 51.7 Å². The number of piperidine rings is 1. The fraction of sp³-hybridized carbons (Fsp3) is 0.522. The van der Waals surface area contributed by atoms with Gasteiger partial charge in [0.05, 0.1) is 7.11 Å². The van der Waals surface area contributed by atoms with Crippen LogP contribution in [0.25, 0.3) is 0 Å². The van der Waals surface area contributed by atoms with E-state index < -0.39 is 0 Å². The Bertz CT molecular complexity index is 774. The van der Waals surface area contributed by atoms with Crippen LogP contribution < -0.4 is 15.4 Å². The molecular formula is C23H35IN4OS. The van der Waals surface area contributed by atoms with Gasteiger partial charge in [0.2, 0.25) is 0 Å². The maximum Gasteiger partial charge on any atom is 0.190 e. The fourth-order valence-corrected chi connectivity index (χ4v) is 4.52. The highest BCUT2D eigenvalue weighted by Gasteiger charge is 2.19. The summed E-state index contributed by atoms with van der Waals surface area (Å²) in [6, 6.07) is 10.8. The molecule has 1 aromatic carbocycles. The first-order chi connectivity index (χ1) is 14.2. The molecule has 5 nitrogen and oxygen atoms in total. The summed E-state index contributed by atoms with van der Waals surface area (Å²) in [5, 5.41) is 9.12. The summed E-state index contributed by atoms with van der Waals surface area (Å²) in [4.78, 5) is 8.42. The van der Waals surface area contributed by atoms with Crippen molar-refractivity contribution in [2.75, 3.05) is 40.3 Å². The highest BCUT2D eigenvalue weighted by atomic mass is 127. The SMILES string of the molecule is CN=C(NCCc1ccc(C)c(OC)c1)NCC1CCN(Cc2cccs2)CC1.I. The normalized spacial score (nSPS) is 15.5. The lowest BCUT2D eigenvalue weighted by molar-refractivity contribution is 0.179. The molecule has 1 saturated heterocycles. The molecule has 2 aromatic rings. The van der Waals surface area contributed by atoms with Gasteiger partial charge in [0.25, 0.3) is 0 Å². The van der Waals surface area contributed by atoms with Gasteiger partial charge in [-0.15, -0.1) is 35.3 Å². The van der Waals surface area contributed by atoms with Gasteiger partial charge in [-0.25, -0.2) is 0 Å². The van der Waals surface area contributed by atoms with Crippen molar-refractivity contribution in [1.82, 2.24) is 15.5 Å². The number of halogens is 1. The fourth-order valence-electron chi connectivity index (χ4n) is 3.78. The van der Waals surface area contributed by atoms with Crippen molar-refractivity contribution < 1.29 is 4.74 Å². The Labute approximate surface area is 202 Å². The Balaban J connectivity index is 0.00000320. The number of thiophene rings is 1. The number of methoxy groups -OCH3 is 1. The summed E-state index contributed by atoms with van der Waals surface area (Å²) in [7, 11) is 3.57. The number of hydrogen-bond donors (Lipinski definition) is 2. The summed E-state index contributed by atoms with van der Waals surface area (Å²) in [6.45, 7) is 7.39. The number of benzene rings is 1. The van der Waals surface area contributed by atoms with Crippen LogP contribution in [0.15, 0.2) is 40.7 Å². The van der Waals surface area contributed by atoms with E-state index in [0.717, 1.165) is 43.7 Å². The van der Waals surface area contributed by atoms with E-state index in [-0.39, 0.29) is 24.0 Å². The molecule has 7 heteroatoms. The van der Waals surface area contributed by atoms with Crippen molar-refractivity contribution >= 4 is 41.3 Å². The number of ether oxygens (including phenoxy) is 1. The predicted octanol–water partition coefficient (Wildman–Crippen LogP) is 4.30. The molecule has 1 fully saturated rings. The van der Waals surface area contributed by atoms with Crippen LogP contribution in [-0.4, -0.2) is 51.2 Å². The maximum atomic E-state index is 5.42. The first-order valence-corrected chi connectivity index (χ1v) is 11.4. The van der Waals surface area contributed by atoms with E-state index in [1.807, 2.05) is 18.4 Å². The van der Waals surface area contributed by atoms with Gasteiger partial charge in [-0.3, -0.25) is 9.89 Å². The number of aryl methyl sites for hydroxylation is 1. The van der Waals surface area contributed by atoms with Gasteiger partial charge in [-0.05, 0) is 73.8 Å². The summed E-state index contributed by atoms with van der Waals surface area (Å²) in [5.74, 6) is 2.56. The molecule has 3 rings (SSSR count). The quantitative estimate of drug-likeness (QED) is 0.297. The van der Waals surface area contributed by atoms with Crippen LogP contribution >= 0.6 is 35.3 Å². The molecule has 30 heavy (non-hydrogen) atoms. The van der Waals surface area contributed by atoms with Crippen LogP contribution in [0.1, 0.15) is 28.8 Å². The summed E-state index contributed by atoms with van der Waals surface area (Å²) >= 11 is 1.86. The van der Waals surface area contributed by atoms with E-state index >= 15 is 0 Å². The molecule has 1 aliphatic heterocycles. The molecule has 0 saturated carbocycles. The number of likely N-dealkylation sites (tertiary alicyclic amines) is 1. The lowest BCUT2D eigenvalue weighted by atomic mass is 9.97. The number of rotatable bonds is 8. The van der Waals surface area contributed by atoms with Crippen LogP contribution in [-0.2, 0) is 13.0 Å². The molecule has 0 spiro atoms. The average Bonchev–Trinajstić information content (AvgIpc) is 3.26. The maximum absolute atomic E-state index is 5.42. The zero-order chi connectivity index (χ0) is 20.5. The highest BCUT2D eigenvalue weighted by molar-refractivity contribution is 14.0. The third kappa shape index (κ3) is 7.74. The molecule has 2 heterocycles. The zero-order valence-electron chi connectivity index (χ0n) is 18.3. The summed E-state index contributed by atoms with van der Waals surface area (Å²) < 4.78 is 5.42. The second-order valence-electron chi connectivity index (χ2n) is 7.73. The van der Waals surface area contributed by atoms with Gasteiger partial charge >= 0.3 is 0 Å². The first kappa shape index (κ1) is 24.9. The van der Waals surface area contributed by atoms with Crippen LogP contribution in [0.4, 0.5) is 0 Å². The minimum atomic E-state index is 0. The molecule has 0 radical (unpaired) electrons. The average molecular weight is 543 g/mol. The topological polar surface area (TPSA) is 48.9 Å². The van der Waals surface area contributed by atoms with E-state index in [1.54, 1.807) is 7.11 Å². The van der Waals surface area contributed by atoms with Crippen LogP contribution in [0.5, 0.6) is 5.75 Å². The Kier molecular flexibility index (Phi) is 11.0. The van der Waals surface area contributed by atoms with E-state index in [0.29, 0.717) is 0 Å². The first-order valence-electron chi connectivity index (χ1n) is 10.5. The lowest BCUT2D eigenvalue weighted by Gasteiger charge is -2.32. The number of aliphatic imine (C=N–C) groups is 1. The lowest BCUT2D eigenvalue weighted by Crippen LogP contribution is -2.43. The molecule has 1 aliphatic rings. The van der Waals surface area contributed by atoms with Crippen LogP contribution in [0.3, 0.4) is 0 Å². The number of nitrogens with zero attached hydrogens (tertiary/aromatic N) is 2. The highest BCUT2D eigenvalue weighted by Crippen LogP contribution is 2.20. The Morgan fingerprint density at radius 2 is 2.03 bits per heavy atom. The van der Waals surface area contributed by atoms with Gasteiger partial charge in [0, 0.05) is 31.6 Å². The molecule has 0 amide bonds. The van der Waals surface area contributed by atoms with E-state index in [9.17, 15) is 0 Å². The molecule has 0 aliphatic carbocycles. The van der Waals surface area contributed by atoms with Gasteiger partial charge < -0.3 is 15.4 Å². The minimum Gasteiger partial charge on any atom is -0.496 e. The van der Waals surface area contributed by atoms with Crippen LogP contribution in [0.2, 0.25) is 0 Å². The smallest absolute Gasteiger partial charge is 0.190 e. The summed E-state index contributed by atoms with van der Waals surface area (Å²) in [6.07, 6.45) is 3.44. The molecule has 166 valence electrons. The van der Waals surface area contributed by atoms with Crippen molar-refractivity contribution in [2.24, 2.45) is 10.9 Å². The van der Waals surface area contributed by atoms with Crippen molar-refractivity contribution in [3.63, 3.8) is 0 Å². The Morgan fingerprint density at radius 1 is 1.23 bits per heavy atom. The third-order valence-corrected chi connectivity index (χ3v) is 6.49. The predicted molar refractivity (Wildman–Crippen MR) is 139 cm³/mol. The largest absolute Gasteiger partial charge is 0.496 e. The number of nitrogens with one attached hydrogen (secondary N) is 2. The summed E-state index contributed by atoms with van der Waals surface area (Å²) in [5.41, 5.74) is 2.44.